The molecule has 3 rings (SSSR count). The van der Waals surface area contributed by atoms with Gasteiger partial charge in [0.15, 0.2) is 0 Å². The van der Waals surface area contributed by atoms with Crippen LogP contribution in [0, 0.1) is 0 Å². The zero-order valence-corrected chi connectivity index (χ0v) is 14.7. The van der Waals surface area contributed by atoms with Crippen LogP contribution in [0.15, 0.2) is 42.5 Å². The van der Waals surface area contributed by atoms with E-state index in [-0.39, 0.29) is 18.2 Å². The first-order valence-electron chi connectivity index (χ1n) is 8.10. The molecule has 0 unspecified atom stereocenters. The van der Waals surface area contributed by atoms with Gasteiger partial charge in [0.1, 0.15) is 5.75 Å². The number of anilines is 2. The number of carbonyl (C=O) groups is 2. The highest BCUT2D eigenvalue weighted by Gasteiger charge is 2.23. The molecule has 6 heteroatoms. The summed E-state index contributed by atoms with van der Waals surface area (Å²) in [5.41, 5.74) is 2.10. The predicted octanol–water partition coefficient (Wildman–Crippen LogP) is 3.66. The number of halogens is 1. The van der Waals surface area contributed by atoms with Gasteiger partial charge in [-0.15, -0.1) is 0 Å². The molecule has 1 aliphatic heterocycles. The highest BCUT2D eigenvalue weighted by atomic mass is 35.5. The van der Waals surface area contributed by atoms with Crippen LogP contribution in [0.25, 0.3) is 0 Å². The van der Waals surface area contributed by atoms with Crippen molar-refractivity contribution in [2.24, 2.45) is 0 Å². The molecule has 0 bridgehead atoms. The van der Waals surface area contributed by atoms with Crippen molar-refractivity contribution in [3.8, 4) is 5.75 Å². The van der Waals surface area contributed by atoms with Gasteiger partial charge in [-0.25, -0.2) is 0 Å². The first kappa shape index (κ1) is 17.3. The summed E-state index contributed by atoms with van der Waals surface area (Å²) in [6.45, 7) is 0.679. The van der Waals surface area contributed by atoms with E-state index in [1.165, 1.54) is 0 Å². The van der Waals surface area contributed by atoms with Crippen LogP contribution < -0.4 is 15.0 Å². The molecule has 1 fully saturated rings. The Morgan fingerprint density at radius 1 is 1.28 bits per heavy atom. The highest BCUT2D eigenvalue weighted by molar-refractivity contribution is 6.34. The molecule has 0 aliphatic carbocycles. The van der Waals surface area contributed by atoms with Gasteiger partial charge in [-0.05, 0) is 30.7 Å². The monoisotopic (exact) mass is 358 g/mol. The second-order valence-electron chi connectivity index (χ2n) is 5.85. The molecule has 1 N–H and O–H groups in total. The normalized spacial score (nSPS) is 13.8. The van der Waals surface area contributed by atoms with E-state index in [2.05, 4.69) is 5.32 Å². The lowest BCUT2D eigenvalue weighted by molar-refractivity contribution is -0.117. The van der Waals surface area contributed by atoms with Gasteiger partial charge in [0.2, 0.25) is 11.8 Å². The van der Waals surface area contributed by atoms with Crippen LogP contribution in [0.5, 0.6) is 5.75 Å². The predicted molar refractivity (Wildman–Crippen MR) is 98.4 cm³/mol. The van der Waals surface area contributed by atoms with Crippen molar-refractivity contribution in [2.45, 2.75) is 19.3 Å². The Hall–Kier alpha value is -2.53. The van der Waals surface area contributed by atoms with Gasteiger partial charge in [-0.3, -0.25) is 9.59 Å². The van der Waals surface area contributed by atoms with Crippen molar-refractivity contribution in [2.75, 3.05) is 23.9 Å². The average Bonchev–Trinajstić information content (AvgIpc) is 3.01. The minimum absolute atomic E-state index is 0.0786. The maximum Gasteiger partial charge on any atom is 0.228 e. The number of methoxy groups -OCH3 is 1. The number of amides is 2. The van der Waals surface area contributed by atoms with Gasteiger partial charge >= 0.3 is 0 Å². The first-order valence-corrected chi connectivity index (χ1v) is 8.48. The average molecular weight is 359 g/mol. The number of hydrogen-bond donors (Lipinski definition) is 1. The van der Waals surface area contributed by atoms with E-state index < -0.39 is 0 Å². The van der Waals surface area contributed by atoms with Crippen molar-refractivity contribution >= 4 is 34.8 Å². The smallest absolute Gasteiger partial charge is 0.228 e. The fourth-order valence-corrected chi connectivity index (χ4v) is 3.22. The maximum absolute atomic E-state index is 12.3. The van der Waals surface area contributed by atoms with Crippen molar-refractivity contribution in [3.63, 3.8) is 0 Å². The molecule has 0 spiro atoms. The minimum Gasteiger partial charge on any atom is -0.496 e. The van der Waals surface area contributed by atoms with Gasteiger partial charge < -0.3 is 15.0 Å². The molecule has 0 saturated carbocycles. The number of ether oxygens (including phenoxy) is 1. The molecule has 1 heterocycles. The van der Waals surface area contributed by atoms with E-state index in [1.54, 1.807) is 30.2 Å². The summed E-state index contributed by atoms with van der Waals surface area (Å²) >= 11 is 6.30. The van der Waals surface area contributed by atoms with E-state index in [0.717, 1.165) is 12.0 Å². The lowest BCUT2D eigenvalue weighted by atomic mass is 10.1. The van der Waals surface area contributed by atoms with Gasteiger partial charge in [0, 0.05) is 24.2 Å². The van der Waals surface area contributed by atoms with Crippen molar-refractivity contribution in [1.82, 2.24) is 0 Å². The Morgan fingerprint density at radius 2 is 2.08 bits per heavy atom. The molecule has 1 aliphatic rings. The molecule has 0 atom stereocenters. The number of hydrogen-bond acceptors (Lipinski definition) is 3. The molecular weight excluding hydrogens is 340 g/mol. The fourth-order valence-electron chi connectivity index (χ4n) is 2.93. The Kier molecular flexibility index (Phi) is 5.24. The van der Waals surface area contributed by atoms with E-state index in [4.69, 9.17) is 16.3 Å². The van der Waals surface area contributed by atoms with Crippen molar-refractivity contribution in [3.05, 3.63) is 53.1 Å². The summed E-state index contributed by atoms with van der Waals surface area (Å²) in [6, 6.07) is 12.6. The van der Waals surface area contributed by atoms with Crippen LogP contribution in [0.3, 0.4) is 0 Å². The quantitative estimate of drug-likeness (QED) is 0.887. The largest absolute Gasteiger partial charge is 0.496 e. The minimum atomic E-state index is -0.162. The summed E-state index contributed by atoms with van der Waals surface area (Å²) in [5, 5.41) is 3.28. The van der Waals surface area contributed by atoms with Gasteiger partial charge in [0.05, 0.1) is 24.2 Å². The van der Waals surface area contributed by atoms with Gasteiger partial charge in [0.25, 0.3) is 0 Å². The Labute approximate surface area is 151 Å². The Bertz CT molecular complexity index is 807. The number of benzene rings is 2. The zero-order valence-electron chi connectivity index (χ0n) is 13.9. The van der Waals surface area contributed by atoms with E-state index >= 15 is 0 Å². The second-order valence-corrected chi connectivity index (χ2v) is 6.26. The lowest BCUT2D eigenvalue weighted by Crippen LogP contribution is -2.24. The van der Waals surface area contributed by atoms with Crippen LogP contribution in [0.4, 0.5) is 11.4 Å². The van der Waals surface area contributed by atoms with Gasteiger partial charge in [-0.1, -0.05) is 29.8 Å². The third-order valence-corrected chi connectivity index (χ3v) is 4.44. The number of para-hydroxylation sites is 1. The molecule has 25 heavy (non-hydrogen) atoms. The lowest BCUT2D eigenvalue weighted by Gasteiger charge is -2.18. The van der Waals surface area contributed by atoms with Gasteiger partial charge in [-0.2, -0.15) is 0 Å². The van der Waals surface area contributed by atoms with Crippen LogP contribution >= 0.6 is 11.6 Å². The SMILES string of the molecule is COc1ccccc1CC(=O)Nc1ccc(N2CCCC2=O)c(Cl)c1. The molecule has 0 radical (unpaired) electrons. The summed E-state index contributed by atoms with van der Waals surface area (Å²) in [7, 11) is 1.58. The van der Waals surface area contributed by atoms with E-state index in [1.807, 2.05) is 24.3 Å². The standard InChI is InChI=1S/C19H19ClN2O3/c1-25-17-6-3-2-5-13(17)11-18(23)21-14-8-9-16(15(20)12-14)22-10-4-7-19(22)24/h2-3,5-6,8-9,12H,4,7,10-11H2,1H3,(H,21,23). The Balaban J connectivity index is 1.69. The Morgan fingerprint density at radius 3 is 2.76 bits per heavy atom. The third kappa shape index (κ3) is 3.94. The van der Waals surface area contributed by atoms with E-state index in [9.17, 15) is 9.59 Å². The molecule has 2 amide bonds. The first-order chi connectivity index (χ1) is 12.1. The summed E-state index contributed by atoms with van der Waals surface area (Å²) in [6.07, 6.45) is 1.59. The third-order valence-electron chi connectivity index (χ3n) is 4.14. The molecule has 130 valence electrons. The van der Waals surface area contributed by atoms with Crippen molar-refractivity contribution in [1.29, 1.82) is 0 Å². The van der Waals surface area contributed by atoms with E-state index in [0.29, 0.717) is 35.1 Å². The topological polar surface area (TPSA) is 58.6 Å². The summed E-state index contributed by atoms with van der Waals surface area (Å²) in [5.74, 6) is 0.596. The molecule has 0 aromatic heterocycles. The fraction of sp³-hybridized carbons (Fsp3) is 0.263. The number of carbonyl (C=O) groups excluding carboxylic acids is 2. The van der Waals surface area contributed by atoms with Crippen LogP contribution in [0.1, 0.15) is 18.4 Å². The molecular formula is C19H19ClN2O3. The molecule has 5 nitrogen and oxygen atoms in total. The zero-order chi connectivity index (χ0) is 17.8. The molecule has 2 aromatic carbocycles. The second kappa shape index (κ2) is 7.57. The number of nitrogens with zero attached hydrogens (tertiary/aromatic N) is 1. The number of nitrogens with one attached hydrogen (secondary N) is 1. The van der Waals surface area contributed by atoms with Crippen molar-refractivity contribution < 1.29 is 14.3 Å². The molecule has 1 saturated heterocycles. The van der Waals surface area contributed by atoms with Crippen LogP contribution in [0.2, 0.25) is 5.02 Å². The van der Waals surface area contributed by atoms with Crippen LogP contribution in [-0.2, 0) is 16.0 Å². The maximum atomic E-state index is 12.3. The summed E-state index contributed by atoms with van der Waals surface area (Å²) < 4.78 is 5.26. The molecule has 2 aromatic rings. The highest BCUT2D eigenvalue weighted by Crippen LogP contribution is 2.31. The van der Waals surface area contributed by atoms with Crippen LogP contribution in [-0.4, -0.2) is 25.5 Å². The number of rotatable bonds is 5. The summed E-state index contributed by atoms with van der Waals surface area (Å²) in [4.78, 5) is 25.8.